The lowest BCUT2D eigenvalue weighted by molar-refractivity contribution is 0.602. The predicted octanol–water partition coefficient (Wildman–Crippen LogP) is 3.21. The molecule has 0 bridgehead atoms. The summed E-state index contributed by atoms with van der Waals surface area (Å²) in [5, 5.41) is 0. The molecule has 3 nitrogen and oxygen atoms in total. The molecule has 0 saturated heterocycles. The summed E-state index contributed by atoms with van der Waals surface area (Å²) in [6.07, 6.45) is 1.63. The molecule has 3 aromatic rings. The van der Waals surface area contributed by atoms with Gasteiger partial charge in [-0.15, -0.1) is 0 Å². The number of pyridine rings is 1. The Hall–Kier alpha value is -2.30. The van der Waals surface area contributed by atoms with Crippen LogP contribution in [-0.4, -0.2) is 15.0 Å². The number of hydrogen-bond acceptors (Lipinski definition) is 2. The van der Waals surface area contributed by atoms with Crippen LogP contribution in [0.2, 0.25) is 0 Å². The molecule has 0 fully saturated rings. The van der Waals surface area contributed by atoms with E-state index >= 15 is 0 Å². The van der Waals surface area contributed by atoms with Gasteiger partial charge in [-0.05, 0) is 36.8 Å². The van der Waals surface area contributed by atoms with E-state index in [-0.39, 0.29) is 11.4 Å². The van der Waals surface area contributed by atoms with Crippen molar-refractivity contribution in [1.29, 1.82) is 0 Å². The van der Waals surface area contributed by atoms with Crippen molar-refractivity contribution in [2.24, 2.45) is 0 Å². The average Bonchev–Trinajstić information content (AvgIpc) is 2.77. The fraction of sp³-hybridized carbons (Fsp3) is 0.0769. The van der Waals surface area contributed by atoms with Crippen LogP contribution in [0.3, 0.4) is 0 Å². The third-order valence-electron chi connectivity index (χ3n) is 2.78. The SMILES string of the molecule is Cc1ccnc2nc(-c3cc(F)ccc3F)[nH]c12. The maximum atomic E-state index is 13.6. The Morgan fingerprint density at radius 2 is 2.00 bits per heavy atom. The van der Waals surface area contributed by atoms with Crippen molar-refractivity contribution in [2.45, 2.75) is 6.92 Å². The van der Waals surface area contributed by atoms with Gasteiger partial charge in [0.25, 0.3) is 0 Å². The molecule has 0 atom stereocenters. The quantitative estimate of drug-likeness (QED) is 0.715. The second kappa shape index (κ2) is 3.87. The van der Waals surface area contributed by atoms with E-state index in [9.17, 15) is 8.78 Å². The lowest BCUT2D eigenvalue weighted by Crippen LogP contribution is -1.88. The third-order valence-corrected chi connectivity index (χ3v) is 2.78. The molecule has 0 aliphatic heterocycles. The molecule has 0 spiro atoms. The van der Waals surface area contributed by atoms with Crippen molar-refractivity contribution >= 4 is 11.2 Å². The van der Waals surface area contributed by atoms with Crippen LogP contribution >= 0.6 is 0 Å². The van der Waals surface area contributed by atoms with Gasteiger partial charge < -0.3 is 4.98 Å². The predicted molar refractivity (Wildman–Crippen MR) is 64.0 cm³/mol. The Labute approximate surface area is 102 Å². The molecule has 1 aromatic carbocycles. The number of benzene rings is 1. The minimum absolute atomic E-state index is 0.104. The van der Waals surface area contributed by atoms with Gasteiger partial charge in [-0.25, -0.2) is 18.7 Å². The lowest BCUT2D eigenvalue weighted by atomic mass is 10.2. The molecule has 0 aliphatic carbocycles. The molecular weight excluding hydrogens is 236 g/mol. The first kappa shape index (κ1) is 10.8. The molecule has 5 heteroatoms. The van der Waals surface area contributed by atoms with E-state index in [4.69, 9.17) is 0 Å². The van der Waals surface area contributed by atoms with Crippen LogP contribution in [0.25, 0.3) is 22.6 Å². The highest BCUT2D eigenvalue weighted by Gasteiger charge is 2.12. The summed E-state index contributed by atoms with van der Waals surface area (Å²) in [6.45, 7) is 1.90. The van der Waals surface area contributed by atoms with Crippen LogP contribution < -0.4 is 0 Å². The number of fused-ring (bicyclic) bond motifs is 1. The first-order valence-corrected chi connectivity index (χ1v) is 5.42. The van der Waals surface area contributed by atoms with E-state index in [2.05, 4.69) is 15.0 Å². The van der Waals surface area contributed by atoms with Gasteiger partial charge in [0.15, 0.2) is 5.65 Å². The van der Waals surface area contributed by atoms with Crippen molar-refractivity contribution in [3.63, 3.8) is 0 Å². The van der Waals surface area contributed by atoms with E-state index in [0.717, 1.165) is 29.3 Å². The van der Waals surface area contributed by atoms with Gasteiger partial charge in [-0.1, -0.05) is 0 Å². The van der Waals surface area contributed by atoms with Crippen molar-refractivity contribution in [2.75, 3.05) is 0 Å². The van der Waals surface area contributed by atoms with Crippen LogP contribution in [-0.2, 0) is 0 Å². The Kier molecular flexibility index (Phi) is 2.33. The second-order valence-corrected chi connectivity index (χ2v) is 4.04. The number of halogens is 2. The molecule has 0 aliphatic rings. The highest BCUT2D eigenvalue weighted by Crippen LogP contribution is 2.24. The number of rotatable bonds is 1. The molecule has 18 heavy (non-hydrogen) atoms. The molecule has 3 rings (SSSR count). The topological polar surface area (TPSA) is 41.6 Å². The maximum Gasteiger partial charge on any atom is 0.178 e. The van der Waals surface area contributed by atoms with Gasteiger partial charge in [0.2, 0.25) is 0 Å². The van der Waals surface area contributed by atoms with Crippen LogP contribution in [0, 0.1) is 18.6 Å². The summed E-state index contributed by atoms with van der Waals surface area (Å²) in [5.74, 6) is -0.742. The minimum Gasteiger partial charge on any atom is -0.336 e. The second-order valence-electron chi connectivity index (χ2n) is 4.04. The van der Waals surface area contributed by atoms with E-state index in [0.29, 0.717) is 5.65 Å². The minimum atomic E-state index is -0.520. The van der Waals surface area contributed by atoms with Crippen LogP contribution in [0.5, 0.6) is 0 Å². The van der Waals surface area contributed by atoms with E-state index in [1.54, 1.807) is 6.20 Å². The summed E-state index contributed by atoms with van der Waals surface area (Å²) >= 11 is 0. The standard InChI is InChI=1S/C13H9F2N3/c1-7-4-5-16-13-11(7)17-12(18-13)9-6-8(14)2-3-10(9)15/h2-6H,1H3,(H,16,17,18). The van der Waals surface area contributed by atoms with E-state index in [1.807, 2.05) is 13.0 Å². The molecule has 0 saturated carbocycles. The van der Waals surface area contributed by atoms with Gasteiger partial charge in [0.1, 0.15) is 17.5 Å². The largest absolute Gasteiger partial charge is 0.336 e. The molecule has 2 aromatic heterocycles. The zero-order chi connectivity index (χ0) is 12.7. The van der Waals surface area contributed by atoms with E-state index in [1.165, 1.54) is 0 Å². The molecule has 90 valence electrons. The number of nitrogens with one attached hydrogen (secondary N) is 1. The zero-order valence-corrected chi connectivity index (χ0v) is 9.54. The number of H-pyrrole nitrogens is 1. The molecule has 0 radical (unpaired) electrons. The monoisotopic (exact) mass is 245 g/mol. The van der Waals surface area contributed by atoms with Crippen molar-refractivity contribution in [3.05, 3.63) is 47.7 Å². The summed E-state index contributed by atoms with van der Waals surface area (Å²) in [6, 6.07) is 5.09. The van der Waals surface area contributed by atoms with Crippen LogP contribution in [0.15, 0.2) is 30.5 Å². The Morgan fingerprint density at radius 3 is 2.78 bits per heavy atom. The molecule has 0 amide bonds. The van der Waals surface area contributed by atoms with Crippen molar-refractivity contribution in [1.82, 2.24) is 15.0 Å². The number of aromatic nitrogens is 3. The first-order valence-electron chi connectivity index (χ1n) is 5.42. The van der Waals surface area contributed by atoms with Gasteiger partial charge in [0.05, 0.1) is 11.1 Å². The number of hydrogen-bond donors (Lipinski definition) is 1. The Bertz CT molecular complexity index is 734. The highest BCUT2D eigenvalue weighted by molar-refractivity contribution is 5.78. The molecular formula is C13H9F2N3. The number of aryl methyl sites for hydroxylation is 1. The maximum absolute atomic E-state index is 13.6. The first-order chi connectivity index (χ1) is 8.65. The smallest absolute Gasteiger partial charge is 0.178 e. The van der Waals surface area contributed by atoms with Gasteiger partial charge in [-0.2, -0.15) is 0 Å². The van der Waals surface area contributed by atoms with Crippen LogP contribution in [0.1, 0.15) is 5.56 Å². The number of nitrogens with zero attached hydrogens (tertiary/aromatic N) is 2. The summed E-state index contributed by atoms with van der Waals surface area (Å²) in [5.41, 5.74) is 2.28. The van der Waals surface area contributed by atoms with E-state index < -0.39 is 11.6 Å². The fourth-order valence-corrected chi connectivity index (χ4v) is 1.84. The van der Waals surface area contributed by atoms with Gasteiger partial charge >= 0.3 is 0 Å². The molecule has 2 heterocycles. The molecule has 1 N–H and O–H groups in total. The lowest BCUT2D eigenvalue weighted by Gasteiger charge is -1.98. The Balaban J connectivity index is 2.26. The average molecular weight is 245 g/mol. The van der Waals surface area contributed by atoms with Crippen LogP contribution in [0.4, 0.5) is 8.78 Å². The third kappa shape index (κ3) is 1.64. The molecule has 0 unspecified atom stereocenters. The summed E-state index contributed by atoms with van der Waals surface area (Å²) < 4.78 is 26.8. The fourth-order valence-electron chi connectivity index (χ4n) is 1.84. The number of aromatic amines is 1. The van der Waals surface area contributed by atoms with Gasteiger partial charge in [-0.3, -0.25) is 0 Å². The summed E-state index contributed by atoms with van der Waals surface area (Å²) in [4.78, 5) is 11.2. The van der Waals surface area contributed by atoms with Crippen molar-refractivity contribution < 1.29 is 8.78 Å². The number of imidazole rings is 1. The van der Waals surface area contributed by atoms with Gasteiger partial charge in [0, 0.05) is 6.20 Å². The van der Waals surface area contributed by atoms with Crippen molar-refractivity contribution in [3.8, 4) is 11.4 Å². The zero-order valence-electron chi connectivity index (χ0n) is 9.54. The summed E-state index contributed by atoms with van der Waals surface area (Å²) in [7, 11) is 0. The highest BCUT2D eigenvalue weighted by atomic mass is 19.1. The normalized spacial score (nSPS) is 11.1. The Morgan fingerprint density at radius 1 is 1.17 bits per heavy atom.